The fourth-order valence-electron chi connectivity index (χ4n) is 7.56. The van der Waals surface area contributed by atoms with Gasteiger partial charge in [0.25, 0.3) is 0 Å². The van der Waals surface area contributed by atoms with Crippen LogP contribution in [0.5, 0.6) is 0 Å². The molecule has 8 atom stereocenters. The van der Waals surface area contributed by atoms with Crippen molar-refractivity contribution in [1.29, 1.82) is 5.26 Å². The molecular weight excluding hydrogens is 310 g/mol. The molecule has 3 saturated carbocycles. The standard InChI is InChI=1S/C22H31NO2/c1-13(24)20-14(12-23)10-19-17-5-4-15-11-16(25)6-8-21(15,2)18(17)7-9-22(19,20)3/h4,14,16-20,25H,5-11H2,1-3H3/t14?,16-,17?,18?,19?,20-,21-,22-/m0/s1. The number of hydrogen-bond acceptors (Lipinski definition) is 3. The lowest BCUT2D eigenvalue weighted by Gasteiger charge is -2.57. The van der Waals surface area contributed by atoms with Crippen LogP contribution in [-0.4, -0.2) is 17.0 Å². The number of aliphatic hydroxyl groups excluding tert-OH is 1. The largest absolute Gasteiger partial charge is 0.393 e. The molecule has 0 aromatic carbocycles. The molecule has 1 N–H and O–H groups in total. The summed E-state index contributed by atoms with van der Waals surface area (Å²) in [4.78, 5) is 12.4. The minimum absolute atomic E-state index is 0.00325. The van der Waals surface area contributed by atoms with E-state index in [1.807, 2.05) is 0 Å². The minimum Gasteiger partial charge on any atom is -0.393 e. The molecule has 0 spiro atoms. The van der Waals surface area contributed by atoms with E-state index in [0.29, 0.717) is 17.8 Å². The van der Waals surface area contributed by atoms with Gasteiger partial charge >= 0.3 is 0 Å². The fourth-order valence-corrected chi connectivity index (χ4v) is 7.56. The Morgan fingerprint density at radius 3 is 2.72 bits per heavy atom. The Balaban J connectivity index is 1.70. The van der Waals surface area contributed by atoms with Crippen LogP contribution in [-0.2, 0) is 4.79 Å². The summed E-state index contributed by atoms with van der Waals surface area (Å²) in [5.41, 5.74) is 1.71. The molecule has 0 aromatic rings. The number of carbonyl (C=O) groups excluding carboxylic acids is 1. The van der Waals surface area contributed by atoms with E-state index in [4.69, 9.17) is 0 Å². The summed E-state index contributed by atoms with van der Waals surface area (Å²) in [5.74, 6) is 1.79. The second kappa shape index (κ2) is 5.68. The summed E-state index contributed by atoms with van der Waals surface area (Å²) in [6.45, 7) is 6.41. The number of nitriles is 1. The van der Waals surface area contributed by atoms with E-state index < -0.39 is 0 Å². The first-order valence-electron chi connectivity index (χ1n) is 10.1. The predicted molar refractivity (Wildman–Crippen MR) is 96.4 cm³/mol. The zero-order valence-electron chi connectivity index (χ0n) is 15.8. The molecule has 0 radical (unpaired) electrons. The number of nitrogens with zero attached hydrogens (tertiary/aromatic N) is 1. The maximum atomic E-state index is 12.4. The zero-order chi connectivity index (χ0) is 18.0. The van der Waals surface area contributed by atoms with Gasteiger partial charge in [0.1, 0.15) is 5.78 Å². The summed E-state index contributed by atoms with van der Waals surface area (Å²) < 4.78 is 0. The van der Waals surface area contributed by atoms with Crippen LogP contribution in [0.25, 0.3) is 0 Å². The third kappa shape index (κ3) is 2.29. The lowest BCUT2D eigenvalue weighted by molar-refractivity contribution is -0.128. The molecule has 25 heavy (non-hydrogen) atoms. The number of hydrogen-bond donors (Lipinski definition) is 1. The highest BCUT2D eigenvalue weighted by Crippen LogP contribution is 2.67. The summed E-state index contributed by atoms with van der Waals surface area (Å²) in [6, 6.07) is 2.47. The number of carbonyl (C=O) groups is 1. The number of allylic oxidation sites excluding steroid dienone is 1. The molecule has 0 aliphatic heterocycles. The van der Waals surface area contributed by atoms with Crippen molar-refractivity contribution < 1.29 is 9.90 Å². The van der Waals surface area contributed by atoms with E-state index in [1.165, 1.54) is 12.0 Å². The molecule has 3 nitrogen and oxygen atoms in total. The molecule has 4 aliphatic rings. The van der Waals surface area contributed by atoms with Crippen LogP contribution in [0.15, 0.2) is 11.6 Å². The van der Waals surface area contributed by atoms with Crippen LogP contribution in [0.2, 0.25) is 0 Å². The van der Waals surface area contributed by atoms with Crippen LogP contribution in [0.4, 0.5) is 0 Å². The van der Waals surface area contributed by atoms with Crippen LogP contribution in [0, 0.1) is 51.8 Å². The van der Waals surface area contributed by atoms with Gasteiger partial charge in [-0.3, -0.25) is 4.79 Å². The van der Waals surface area contributed by atoms with E-state index in [0.717, 1.165) is 38.5 Å². The average Bonchev–Trinajstić information content (AvgIpc) is 2.88. The SMILES string of the molecule is CC(=O)[C@H]1C(C#N)CC2C3CC=C4C[C@@H](O)CC[C@]4(C)C3CC[C@@]21C. The van der Waals surface area contributed by atoms with Crippen LogP contribution >= 0.6 is 0 Å². The topological polar surface area (TPSA) is 61.1 Å². The molecule has 4 aliphatic carbocycles. The lowest BCUT2D eigenvalue weighted by Crippen LogP contribution is -2.51. The first kappa shape index (κ1) is 17.3. The number of aliphatic hydroxyl groups is 1. The normalized spacial score (nSPS) is 51.6. The van der Waals surface area contributed by atoms with Crippen LogP contribution in [0.3, 0.4) is 0 Å². The molecule has 4 rings (SSSR count). The molecule has 0 amide bonds. The molecule has 3 fully saturated rings. The summed E-state index contributed by atoms with van der Waals surface area (Å²) in [7, 11) is 0. The fraction of sp³-hybridized carbons (Fsp3) is 0.818. The zero-order valence-corrected chi connectivity index (χ0v) is 15.8. The summed E-state index contributed by atoms with van der Waals surface area (Å²) >= 11 is 0. The van der Waals surface area contributed by atoms with E-state index in [-0.39, 0.29) is 34.6 Å². The van der Waals surface area contributed by atoms with Gasteiger partial charge in [-0.15, -0.1) is 0 Å². The Morgan fingerprint density at radius 2 is 2.04 bits per heavy atom. The maximum absolute atomic E-state index is 12.4. The van der Waals surface area contributed by atoms with Crippen LogP contribution in [0.1, 0.15) is 65.7 Å². The molecule has 0 aromatic heterocycles. The Bertz CT molecular complexity index is 661. The molecule has 0 heterocycles. The molecular formula is C22H31NO2. The third-order valence-electron chi connectivity index (χ3n) is 8.74. The highest BCUT2D eigenvalue weighted by atomic mass is 16.3. The van der Waals surface area contributed by atoms with Gasteiger partial charge < -0.3 is 5.11 Å². The highest BCUT2D eigenvalue weighted by Gasteiger charge is 2.62. The van der Waals surface area contributed by atoms with Gasteiger partial charge in [0, 0.05) is 5.92 Å². The van der Waals surface area contributed by atoms with Crippen molar-refractivity contribution >= 4 is 5.78 Å². The van der Waals surface area contributed by atoms with Crippen molar-refractivity contribution in [2.45, 2.75) is 71.8 Å². The molecule has 136 valence electrons. The Hall–Kier alpha value is -1.14. The Labute approximate surface area is 151 Å². The van der Waals surface area contributed by atoms with Crippen LogP contribution < -0.4 is 0 Å². The van der Waals surface area contributed by atoms with Crippen molar-refractivity contribution in [1.82, 2.24) is 0 Å². The number of fused-ring (bicyclic) bond motifs is 5. The number of Topliss-reactive ketones (excluding diaryl/α,β-unsaturated/α-hetero) is 1. The van der Waals surface area contributed by atoms with Gasteiger partial charge in [-0.25, -0.2) is 0 Å². The highest BCUT2D eigenvalue weighted by molar-refractivity contribution is 5.80. The van der Waals surface area contributed by atoms with Gasteiger partial charge in [-0.05, 0) is 80.5 Å². The van der Waals surface area contributed by atoms with Crippen molar-refractivity contribution in [3.63, 3.8) is 0 Å². The second-order valence-corrected chi connectivity index (χ2v) is 9.76. The molecule has 0 bridgehead atoms. The number of ketones is 1. The third-order valence-corrected chi connectivity index (χ3v) is 8.74. The van der Waals surface area contributed by atoms with Crippen molar-refractivity contribution in [3.05, 3.63) is 11.6 Å². The summed E-state index contributed by atoms with van der Waals surface area (Å²) in [5, 5.41) is 19.8. The monoisotopic (exact) mass is 341 g/mol. The minimum atomic E-state index is -0.165. The average molecular weight is 341 g/mol. The number of rotatable bonds is 1. The first-order chi connectivity index (χ1) is 11.8. The maximum Gasteiger partial charge on any atom is 0.134 e. The van der Waals surface area contributed by atoms with Gasteiger partial charge in [0.05, 0.1) is 18.1 Å². The molecule has 0 saturated heterocycles. The van der Waals surface area contributed by atoms with Gasteiger partial charge in [-0.2, -0.15) is 5.26 Å². The smallest absolute Gasteiger partial charge is 0.134 e. The van der Waals surface area contributed by atoms with Gasteiger partial charge in [-0.1, -0.05) is 25.5 Å². The lowest BCUT2D eigenvalue weighted by atomic mass is 9.47. The first-order valence-corrected chi connectivity index (χ1v) is 10.1. The molecule has 3 heteroatoms. The quantitative estimate of drug-likeness (QED) is 0.725. The van der Waals surface area contributed by atoms with E-state index in [2.05, 4.69) is 26.0 Å². The molecule has 4 unspecified atom stereocenters. The second-order valence-electron chi connectivity index (χ2n) is 9.76. The van der Waals surface area contributed by atoms with Crippen molar-refractivity contribution in [3.8, 4) is 6.07 Å². The van der Waals surface area contributed by atoms with E-state index in [1.54, 1.807) is 6.92 Å². The van der Waals surface area contributed by atoms with Crippen molar-refractivity contribution in [2.24, 2.45) is 40.4 Å². The van der Waals surface area contributed by atoms with E-state index >= 15 is 0 Å². The van der Waals surface area contributed by atoms with Crippen molar-refractivity contribution in [2.75, 3.05) is 0 Å². The van der Waals surface area contributed by atoms with E-state index in [9.17, 15) is 15.2 Å². The van der Waals surface area contributed by atoms with Gasteiger partial charge in [0.15, 0.2) is 0 Å². The van der Waals surface area contributed by atoms with Gasteiger partial charge in [0.2, 0.25) is 0 Å². The Kier molecular flexibility index (Phi) is 3.93. The summed E-state index contributed by atoms with van der Waals surface area (Å²) in [6.07, 6.45) is 9.32. The predicted octanol–water partition coefficient (Wildman–Crippen LogP) is 4.26. The Morgan fingerprint density at radius 1 is 1.28 bits per heavy atom.